The van der Waals surface area contributed by atoms with Crippen molar-refractivity contribution in [2.45, 2.75) is 57.8 Å². The highest BCUT2D eigenvalue weighted by atomic mass is 127. The van der Waals surface area contributed by atoms with Gasteiger partial charge in [-0.3, -0.25) is 4.79 Å². The maximum absolute atomic E-state index is 12.5. The van der Waals surface area contributed by atoms with Gasteiger partial charge in [-0.15, -0.1) is 0 Å². The molecule has 0 radical (unpaired) electrons. The van der Waals surface area contributed by atoms with Crippen LogP contribution < -0.4 is 0 Å². The number of hydrogen-bond acceptors (Lipinski definition) is 8. The van der Waals surface area contributed by atoms with E-state index in [1.807, 2.05) is 180 Å². The van der Waals surface area contributed by atoms with Crippen LogP contribution in [0.15, 0.2) is 255 Å². The van der Waals surface area contributed by atoms with Crippen molar-refractivity contribution < 1.29 is 48.8 Å². The van der Waals surface area contributed by atoms with Crippen molar-refractivity contribution in [3.63, 3.8) is 0 Å². The highest BCUT2D eigenvalue weighted by Crippen LogP contribution is 2.36. The molecule has 0 saturated heterocycles. The molecular weight excluding hydrogens is 1830 g/mol. The van der Waals surface area contributed by atoms with Crippen LogP contribution in [0.1, 0.15) is 130 Å². The summed E-state index contributed by atoms with van der Waals surface area (Å²) in [5.74, 6) is 3.41. The van der Waals surface area contributed by atoms with E-state index in [2.05, 4.69) is 34.4 Å². The van der Waals surface area contributed by atoms with Crippen LogP contribution in [0, 0.1) is 19.0 Å². The normalized spacial score (nSPS) is 11.4. The average Bonchev–Trinajstić information content (AvgIpc) is 1.63. The third-order valence-electron chi connectivity index (χ3n) is 16.7. The molecular formula is C88H62Cl10I2O10. The van der Waals surface area contributed by atoms with Crippen LogP contribution in [0.25, 0.3) is 0 Å². The predicted octanol–water partition coefficient (Wildman–Crippen LogP) is 25.7. The maximum atomic E-state index is 12.5. The molecule has 0 bridgehead atoms. The van der Waals surface area contributed by atoms with Crippen LogP contribution in [0.5, 0.6) is 0 Å². The number of carboxylic acids is 2. The second-order valence-corrected chi connectivity index (χ2v) is 31.1. The number of esters is 2. The first-order chi connectivity index (χ1) is 52.7. The standard InChI is InChI=1S/C22H14Cl2O2.C15H12Cl2O2.C15H12Cl2O.C15H10Cl2O.C14H10ClIO2.C7H4ClIO2/c23-19-8-4-7-16(13-19)9-10-18-14-20(24)11-12-21(18)22(25)26-15-17-5-2-1-3-6-17;16-12-3-1-2-10(8-12)4-5-11-9-13(17)6-7-14(11)15(18)19;2*16-11-3-5-13-9(7-11)1-2-10-8-12(17)4-6-14(10)15(13)18;15-11-6-7-12(13(16)8-11)14(17)18-9-10-4-2-1-3-5-10;8-4-1-2-5(7(10)11)6(9)3-4/h1-8,11-14H,15H2;1-3,6-9H,4-5H2,(H,18,19);3-8,15,18H,1-2H2;3-8H,1-2H2;1-8H,9H2;1-3H,(H,10,11). The van der Waals surface area contributed by atoms with E-state index >= 15 is 0 Å². The predicted molar refractivity (Wildman–Crippen MR) is 461 cm³/mol. The first kappa shape index (κ1) is 86.1. The molecule has 558 valence electrons. The summed E-state index contributed by atoms with van der Waals surface area (Å²) in [7, 11) is 0. The van der Waals surface area contributed by atoms with Crippen LogP contribution in [0.4, 0.5) is 0 Å². The summed E-state index contributed by atoms with van der Waals surface area (Å²) >= 11 is 63.3. The first-order valence-electron chi connectivity index (χ1n) is 33.5. The van der Waals surface area contributed by atoms with Gasteiger partial charge < -0.3 is 24.8 Å². The van der Waals surface area contributed by atoms with E-state index in [4.69, 9.17) is 136 Å². The van der Waals surface area contributed by atoms with Crippen molar-refractivity contribution in [1.82, 2.24) is 0 Å². The van der Waals surface area contributed by atoms with Gasteiger partial charge in [-0.25, -0.2) is 19.2 Å². The number of carbonyl (C=O) groups excluding carboxylic acids is 3. The summed E-state index contributed by atoms with van der Waals surface area (Å²) in [5.41, 5.74) is 14.1. The monoisotopic (exact) mass is 1880 g/mol. The minimum atomic E-state index is -0.933. The van der Waals surface area contributed by atoms with E-state index in [1.54, 1.807) is 84.9 Å². The largest absolute Gasteiger partial charge is 0.478 e. The van der Waals surface area contributed by atoms with E-state index in [-0.39, 0.29) is 30.5 Å². The molecule has 0 fully saturated rings. The van der Waals surface area contributed by atoms with Crippen molar-refractivity contribution in [2.24, 2.45) is 0 Å². The van der Waals surface area contributed by atoms with Crippen molar-refractivity contribution >= 4 is 191 Å². The molecule has 12 aromatic carbocycles. The Bertz CT molecular complexity index is 5270. The smallest absolute Gasteiger partial charge is 0.339 e. The van der Waals surface area contributed by atoms with Gasteiger partial charge in [0.05, 0.1) is 22.3 Å². The Kier molecular flexibility index (Phi) is 33.4. The lowest BCUT2D eigenvalue weighted by atomic mass is 9.97. The number of aromatic carboxylic acids is 2. The highest BCUT2D eigenvalue weighted by Gasteiger charge is 2.24. The van der Waals surface area contributed by atoms with E-state index in [0.29, 0.717) is 82.5 Å². The van der Waals surface area contributed by atoms with Gasteiger partial charge in [-0.2, -0.15) is 0 Å². The molecule has 0 spiro atoms. The Morgan fingerprint density at radius 2 is 0.745 bits per heavy atom. The summed E-state index contributed by atoms with van der Waals surface area (Å²) in [6, 6.07) is 75.6. The van der Waals surface area contributed by atoms with Crippen LogP contribution in [-0.2, 0) is 61.2 Å². The van der Waals surface area contributed by atoms with E-state index in [9.17, 15) is 29.1 Å². The summed E-state index contributed by atoms with van der Waals surface area (Å²) in [5, 5.41) is 34.5. The lowest BCUT2D eigenvalue weighted by molar-refractivity contribution is 0.0463. The van der Waals surface area contributed by atoms with Gasteiger partial charge in [-0.1, -0.05) is 219 Å². The fourth-order valence-electron chi connectivity index (χ4n) is 11.3. The van der Waals surface area contributed by atoms with Crippen molar-refractivity contribution in [1.29, 1.82) is 0 Å². The number of carboxylic acid groups (broad SMARTS) is 2. The lowest BCUT2D eigenvalue weighted by Gasteiger charge is -2.14. The lowest BCUT2D eigenvalue weighted by Crippen LogP contribution is -2.07. The molecule has 0 aliphatic heterocycles. The van der Waals surface area contributed by atoms with Gasteiger partial charge in [-0.05, 0) is 303 Å². The zero-order valence-electron chi connectivity index (χ0n) is 57.7. The molecule has 10 nitrogen and oxygen atoms in total. The SMILES string of the molecule is O=C(O)c1ccc(Cl)cc1CCc1cccc(Cl)c1.O=C(O)c1ccc(Cl)cc1I.O=C(OCc1ccccc1)c1ccc(Cl)cc1C#Cc1cccc(Cl)c1.O=C(OCc1ccccc1)c1ccc(Cl)cc1I.O=C1c2ccc(Cl)cc2CCc2cc(Cl)ccc21.OC1c2ccc(Cl)cc2CCc2cc(Cl)ccc21. The van der Waals surface area contributed by atoms with Crippen LogP contribution >= 0.6 is 161 Å². The Morgan fingerprint density at radius 1 is 0.364 bits per heavy atom. The van der Waals surface area contributed by atoms with E-state index in [1.165, 1.54) is 12.1 Å². The Labute approximate surface area is 714 Å². The number of aryl methyl sites for hydroxylation is 6. The second-order valence-electron chi connectivity index (χ2n) is 24.4. The quantitative estimate of drug-likeness (QED) is 0.0645. The van der Waals surface area contributed by atoms with Gasteiger partial charge in [0.2, 0.25) is 0 Å². The third kappa shape index (κ3) is 26.1. The van der Waals surface area contributed by atoms with Crippen LogP contribution in [0.3, 0.4) is 0 Å². The zero-order valence-corrected chi connectivity index (χ0v) is 69.6. The third-order valence-corrected chi connectivity index (χ3v) is 20.9. The number of benzene rings is 12. The molecule has 0 heterocycles. The van der Waals surface area contributed by atoms with Gasteiger partial charge in [0, 0.05) is 79.6 Å². The summed E-state index contributed by atoms with van der Waals surface area (Å²) in [6.45, 7) is 0.474. The zero-order chi connectivity index (χ0) is 79.0. The van der Waals surface area contributed by atoms with Gasteiger partial charge in [0.25, 0.3) is 0 Å². The van der Waals surface area contributed by atoms with Gasteiger partial charge in [0.1, 0.15) is 19.3 Å². The molecule has 0 atom stereocenters. The minimum absolute atomic E-state index is 0.0610. The number of aliphatic hydroxyl groups is 1. The number of aliphatic hydroxyl groups excluding tert-OH is 1. The maximum Gasteiger partial charge on any atom is 0.339 e. The van der Waals surface area contributed by atoms with Crippen LogP contribution in [0.2, 0.25) is 50.2 Å². The molecule has 14 rings (SSSR count). The van der Waals surface area contributed by atoms with E-state index < -0.39 is 24.0 Å². The fraction of sp³-hybridized carbons (Fsp3) is 0.102. The van der Waals surface area contributed by atoms with Crippen LogP contribution in [-0.4, -0.2) is 45.0 Å². The molecule has 2 aliphatic rings. The van der Waals surface area contributed by atoms with Crippen molar-refractivity contribution in [3.8, 4) is 11.8 Å². The Balaban J connectivity index is 0.000000154. The molecule has 12 aromatic rings. The Morgan fingerprint density at radius 3 is 1.23 bits per heavy atom. The topological polar surface area (TPSA) is 164 Å². The molecule has 0 saturated carbocycles. The first-order valence-corrected chi connectivity index (χ1v) is 39.4. The Hall–Kier alpha value is -7.93. The minimum Gasteiger partial charge on any atom is -0.478 e. The number of ether oxygens (including phenoxy) is 2. The van der Waals surface area contributed by atoms with E-state index in [0.717, 1.165) is 108 Å². The molecule has 2 aliphatic carbocycles. The summed E-state index contributed by atoms with van der Waals surface area (Å²) in [4.78, 5) is 58.4. The van der Waals surface area contributed by atoms with Crippen molar-refractivity contribution in [3.05, 3.63) is 412 Å². The molecule has 22 heteroatoms. The fourth-order valence-corrected chi connectivity index (χ4v) is 15.1. The van der Waals surface area contributed by atoms with Gasteiger partial charge in [0.15, 0.2) is 5.78 Å². The highest BCUT2D eigenvalue weighted by molar-refractivity contribution is 14.1. The molecule has 110 heavy (non-hydrogen) atoms. The molecule has 0 amide bonds. The number of fused-ring (bicyclic) bond motifs is 4. The molecule has 0 aromatic heterocycles. The number of hydrogen-bond donors (Lipinski definition) is 3. The second kappa shape index (κ2) is 42.6. The number of carbonyl (C=O) groups is 5. The number of halogens is 12. The number of rotatable bonds is 11. The van der Waals surface area contributed by atoms with Gasteiger partial charge >= 0.3 is 23.9 Å². The van der Waals surface area contributed by atoms with Crippen molar-refractivity contribution in [2.75, 3.05) is 0 Å². The average molecular weight is 1890 g/mol. The number of ketones is 1. The summed E-state index contributed by atoms with van der Waals surface area (Å²) < 4.78 is 12.1. The summed E-state index contributed by atoms with van der Waals surface area (Å²) in [6.07, 6.45) is 4.13. The molecule has 0 unspecified atom stereocenters. The molecule has 3 N–H and O–H groups in total.